The molecule has 3 N–H and O–H groups in total. The average Bonchev–Trinajstić information content (AvgIpc) is 2.65. The smallest absolute Gasteiger partial charge is 0.325 e. The lowest BCUT2D eigenvalue weighted by Crippen LogP contribution is -2.36. The van der Waals surface area contributed by atoms with E-state index in [2.05, 4.69) is 0 Å². The molecule has 13 heavy (non-hydrogen) atoms. The first kappa shape index (κ1) is 10.4. The van der Waals surface area contributed by atoms with Crippen molar-refractivity contribution in [1.82, 2.24) is 0 Å². The van der Waals surface area contributed by atoms with Crippen molar-refractivity contribution in [3.8, 4) is 0 Å². The summed E-state index contributed by atoms with van der Waals surface area (Å²) in [6.07, 6.45) is 0.918. The fourth-order valence-corrected chi connectivity index (χ4v) is 1.10. The standard InChI is InChI=1S/C8H15NO4/c9-7(3-10)8(11)13-5-6-1-2-12-4-6/h6-7,10H,1-5,9H2/t6?,7-/m1/s1. The number of aliphatic hydroxyl groups excluding tert-OH is 1. The van der Waals surface area contributed by atoms with Crippen LogP contribution in [0.2, 0.25) is 0 Å². The zero-order valence-corrected chi connectivity index (χ0v) is 7.44. The number of carbonyl (C=O) groups excluding carboxylic acids is 1. The number of rotatable bonds is 4. The SMILES string of the molecule is N[C@H](CO)C(=O)OCC1CCOC1. The molecule has 0 aliphatic carbocycles. The molecule has 0 aromatic carbocycles. The van der Waals surface area contributed by atoms with Crippen molar-refractivity contribution in [3.05, 3.63) is 0 Å². The second-order valence-corrected chi connectivity index (χ2v) is 3.15. The minimum Gasteiger partial charge on any atom is -0.464 e. The molecule has 0 aromatic rings. The first-order valence-electron chi connectivity index (χ1n) is 4.35. The molecule has 0 spiro atoms. The van der Waals surface area contributed by atoms with E-state index in [0.717, 1.165) is 13.0 Å². The minimum atomic E-state index is -0.915. The lowest BCUT2D eigenvalue weighted by Gasteiger charge is -2.11. The van der Waals surface area contributed by atoms with Gasteiger partial charge in [0.15, 0.2) is 0 Å². The first-order valence-corrected chi connectivity index (χ1v) is 4.35. The van der Waals surface area contributed by atoms with E-state index in [9.17, 15) is 4.79 Å². The van der Waals surface area contributed by atoms with E-state index < -0.39 is 12.0 Å². The zero-order valence-electron chi connectivity index (χ0n) is 7.44. The summed E-state index contributed by atoms with van der Waals surface area (Å²) in [5, 5.41) is 8.55. The van der Waals surface area contributed by atoms with Gasteiger partial charge in [-0.15, -0.1) is 0 Å². The molecule has 0 saturated carbocycles. The van der Waals surface area contributed by atoms with Gasteiger partial charge in [0.25, 0.3) is 0 Å². The van der Waals surface area contributed by atoms with Crippen molar-refractivity contribution in [2.75, 3.05) is 26.4 Å². The van der Waals surface area contributed by atoms with Crippen LogP contribution in [0, 0.1) is 5.92 Å². The summed E-state index contributed by atoms with van der Waals surface area (Å²) in [6.45, 7) is 1.34. The fourth-order valence-electron chi connectivity index (χ4n) is 1.10. The van der Waals surface area contributed by atoms with Gasteiger partial charge >= 0.3 is 5.97 Å². The van der Waals surface area contributed by atoms with E-state index in [0.29, 0.717) is 13.2 Å². The molecule has 1 aliphatic rings. The Hall–Kier alpha value is -0.650. The molecule has 0 amide bonds. The molecule has 76 valence electrons. The number of hydrogen-bond acceptors (Lipinski definition) is 5. The third-order valence-corrected chi connectivity index (χ3v) is 1.98. The summed E-state index contributed by atoms with van der Waals surface area (Å²) >= 11 is 0. The van der Waals surface area contributed by atoms with Crippen molar-refractivity contribution in [2.24, 2.45) is 11.7 Å². The molecule has 1 fully saturated rings. The van der Waals surface area contributed by atoms with Gasteiger partial charge in [-0.3, -0.25) is 4.79 Å². The molecule has 1 rings (SSSR count). The van der Waals surface area contributed by atoms with Crippen LogP contribution in [0.3, 0.4) is 0 Å². The van der Waals surface area contributed by atoms with Crippen molar-refractivity contribution in [1.29, 1.82) is 0 Å². The molecule has 5 nitrogen and oxygen atoms in total. The van der Waals surface area contributed by atoms with E-state index in [-0.39, 0.29) is 12.5 Å². The highest BCUT2D eigenvalue weighted by Gasteiger charge is 2.19. The molecule has 0 aromatic heterocycles. The molecule has 1 saturated heterocycles. The van der Waals surface area contributed by atoms with Crippen LogP contribution in [0.4, 0.5) is 0 Å². The third kappa shape index (κ3) is 3.30. The van der Waals surface area contributed by atoms with Crippen LogP contribution in [-0.4, -0.2) is 43.5 Å². The highest BCUT2D eigenvalue weighted by Crippen LogP contribution is 2.12. The highest BCUT2D eigenvalue weighted by atomic mass is 16.5. The molecule has 1 aliphatic heterocycles. The quantitative estimate of drug-likeness (QED) is 0.548. The predicted octanol–water partition coefficient (Wildman–Crippen LogP) is -1.11. The Morgan fingerprint density at radius 2 is 2.54 bits per heavy atom. The molecular formula is C8H15NO4. The van der Waals surface area contributed by atoms with E-state index >= 15 is 0 Å². The summed E-state index contributed by atoms with van der Waals surface area (Å²) in [6, 6.07) is -0.915. The van der Waals surface area contributed by atoms with Crippen molar-refractivity contribution < 1.29 is 19.4 Å². The van der Waals surface area contributed by atoms with Gasteiger partial charge in [-0.25, -0.2) is 0 Å². The summed E-state index contributed by atoms with van der Waals surface area (Å²) in [4.78, 5) is 11.0. The van der Waals surface area contributed by atoms with E-state index in [4.69, 9.17) is 20.3 Å². The van der Waals surface area contributed by atoms with Gasteiger partial charge in [-0.05, 0) is 6.42 Å². The largest absolute Gasteiger partial charge is 0.464 e. The van der Waals surface area contributed by atoms with Gasteiger partial charge in [0.2, 0.25) is 0 Å². The molecule has 5 heteroatoms. The Labute approximate surface area is 76.8 Å². The highest BCUT2D eigenvalue weighted by molar-refractivity contribution is 5.75. The maximum atomic E-state index is 11.0. The molecule has 1 heterocycles. The lowest BCUT2D eigenvalue weighted by molar-refractivity contribution is -0.147. The molecule has 0 radical (unpaired) electrons. The predicted molar refractivity (Wildman–Crippen MR) is 44.9 cm³/mol. The Kier molecular flexibility index (Phi) is 4.14. The van der Waals surface area contributed by atoms with Crippen LogP contribution in [0.25, 0.3) is 0 Å². The van der Waals surface area contributed by atoms with Gasteiger partial charge < -0.3 is 20.3 Å². The third-order valence-electron chi connectivity index (χ3n) is 1.98. The number of carbonyl (C=O) groups is 1. The van der Waals surface area contributed by atoms with Gasteiger partial charge in [-0.1, -0.05) is 0 Å². The van der Waals surface area contributed by atoms with Gasteiger partial charge in [0.1, 0.15) is 6.04 Å². The van der Waals surface area contributed by atoms with Crippen LogP contribution in [-0.2, 0) is 14.3 Å². The number of esters is 1. The Morgan fingerprint density at radius 1 is 1.77 bits per heavy atom. The van der Waals surface area contributed by atoms with Crippen LogP contribution >= 0.6 is 0 Å². The summed E-state index contributed by atoms with van der Waals surface area (Å²) in [5.41, 5.74) is 5.25. The molecule has 2 atom stereocenters. The van der Waals surface area contributed by atoms with E-state index in [1.807, 2.05) is 0 Å². The van der Waals surface area contributed by atoms with Crippen molar-refractivity contribution in [2.45, 2.75) is 12.5 Å². The summed E-state index contributed by atoms with van der Waals surface area (Å²) in [7, 11) is 0. The summed E-state index contributed by atoms with van der Waals surface area (Å²) < 4.78 is 9.98. The van der Waals surface area contributed by atoms with E-state index in [1.165, 1.54) is 0 Å². The monoisotopic (exact) mass is 189 g/mol. The Bertz CT molecular complexity index is 168. The lowest BCUT2D eigenvalue weighted by atomic mass is 10.1. The number of hydrogen-bond donors (Lipinski definition) is 2. The van der Waals surface area contributed by atoms with Crippen LogP contribution in [0.15, 0.2) is 0 Å². The van der Waals surface area contributed by atoms with Crippen molar-refractivity contribution in [3.63, 3.8) is 0 Å². The maximum absolute atomic E-state index is 11.0. The van der Waals surface area contributed by atoms with Crippen LogP contribution in [0.1, 0.15) is 6.42 Å². The average molecular weight is 189 g/mol. The topological polar surface area (TPSA) is 81.8 Å². The number of ether oxygens (including phenoxy) is 2. The number of aliphatic hydroxyl groups is 1. The Balaban J connectivity index is 2.13. The first-order chi connectivity index (χ1) is 6.24. The molecule has 1 unspecified atom stereocenters. The molecule has 0 bridgehead atoms. The normalized spacial score (nSPS) is 24.3. The van der Waals surface area contributed by atoms with Crippen molar-refractivity contribution >= 4 is 5.97 Å². The second kappa shape index (κ2) is 5.16. The zero-order chi connectivity index (χ0) is 9.68. The summed E-state index contributed by atoms with van der Waals surface area (Å²) in [5.74, 6) is -0.260. The maximum Gasteiger partial charge on any atom is 0.325 e. The number of nitrogens with two attached hydrogens (primary N) is 1. The second-order valence-electron chi connectivity index (χ2n) is 3.15. The fraction of sp³-hybridized carbons (Fsp3) is 0.875. The van der Waals surface area contributed by atoms with Crippen LogP contribution in [0.5, 0.6) is 0 Å². The van der Waals surface area contributed by atoms with Gasteiger partial charge in [0, 0.05) is 12.5 Å². The van der Waals surface area contributed by atoms with Gasteiger partial charge in [0.05, 0.1) is 19.8 Å². The molecular weight excluding hydrogens is 174 g/mol. The minimum absolute atomic E-state index is 0.287. The Morgan fingerprint density at radius 3 is 3.08 bits per heavy atom. The van der Waals surface area contributed by atoms with E-state index in [1.54, 1.807) is 0 Å². The van der Waals surface area contributed by atoms with Gasteiger partial charge in [-0.2, -0.15) is 0 Å². The van der Waals surface area contributed by atoms with Crippen LogP contribution < -0.4 is 5.73 Å².